The van der Waals surface area contributed by atoms with E-state index in [1.807, 2.05) is 18.9 Å². The Kier molecular flexibility index (Phi) is 4.88. The zero-order valence-corrected chi connectivity index (χ0v) is 11.9. The Morgan fingerprint density at radius 3 is 2.47 bits per heavy atom. The first-order valence-electron chi connectivity index (χ1n) is 7.25. The average Bonchev–Trinajstić information content (AvgIpc) is 2.37. The molecular formula is C15H23N3O. The van der Waals surface area contributed by atoms with Gasteiger partial charge in [-0.1, -0.05) is 32.1 Å². The summed E-state index contributed by atoms with van der Waals surface area (Å²) in [5.41, 5.74) is 0.511. The molecule has 1 aromatic heterocycles. The molecule has 2 rings (SSSR count). The second-order valence-corrected chi connectivity index (χ2v) is 5.40. The van der Waals surface area contributed by atoms with E-state index in [0.29, 0.717) is 17.6 Å². The molecular weight excluding hydrogens is 238 g/mol. The fourth-order valence-electron chi connectivity index (χ4n) is 2.74. The molecule has 1 fully saturated rings. The Bertz CT molecular complexity index is 425. The third kappa shape index (κ3) is 3.75. The number of nitrogens with zero attached hydrogens (tertiary/aromatic N) is 3. The zero-order chi connectivity index (χ0) is 13.7. The molecule has 1 aliphatic carbocycles. The summed E-state index contributed by atoms with van der Waals surface area (Å²) in [4.78, 5) is 22.6. The highest BCUT2D eigenvalue weighted by molar-refractivity contribution is 5.92. The molecule has 1 heterocycles. The van der Waals surface area contributed by atoms with Gasteiger partial charge in [-0.15, -0.1) is 0 Å². The van der Waals surface area contributed by atoms with E-state index >= 15 is 0 Å². The van der Waals surface area contributed by atoms with Crippen LogP contribution in [0, 0.1) is 6.92 Å². The van der Waals surface area contributed by atoms with Gasteiger partial charge in [0.15, 0.2) is 0 Å². The predicted octanol–water partition coefficient (Wildman–Crippen LogP) is 2.97. The Labute approximate surface area is 115 Å². The van der Waals surface area contributed by atoms with Crippen LogP contribution in [0.4, 0.5) is 0 Å². The predicted molar refractivity (Wildman–Crippen MR) is 75.0 cm³/mol. The van der Waals surface area contributed by atoms with Crippen molar-refractivity contribution in [3.8, 4) is 0 Å². The SMILES string of the molecule is Cc1nccc(C(=O)N(C)C2CCCCCCC2)n1. The molecule has 1 amide bonds. The van der Waals surface area contributed by atoms with Crippen molar-refractivity contribution in [3.63, 3.8) is 0 Å². The zero-order valence-electron chi connectivity index (χ0n) is 11.9. The normalized spacial score (nSPS) is 17.6. The summed E-state index contributed by atoms with van der Waals surface area (Å²) in [6, 6.07) is 2.07. The van der Waals surface area contributed by atoms with Gasteiger partial charge in [-0.25, -0.2) is 9.97 Å². The third-order valence-electron chi connectivity index (χ3n) is 3.94. The summed E-state index contributed by atoms with van der Waals surface area (Å²) < 4.78 is 0. The van der Waals surface area contributed by atoms with Gasteiger partial charge in [-0.2, -0.15) is 0 Å². The van der Waals surface area contributed by atoms with Crippen molar-refractivity contribution in [2.75, 3.05) is 7.05 Å². The molecule has 4 heteroatoms. The molecule has 0 bridgehead atoms. The minimum Gasteiger partial charge on any atom is -0.337 e. The van der Waals surface area contributed by atoms with Crippen molar-refractivity contribution in [3.05, 3.63) is 23.8 Å². The van der Waals surface area contributed by atoms with Crippen LogP contribution in [0.15, 0.2) is 12.3 Å². The molecule has 0 spiro atoms. The molecule has 0 aromatic carbocycles. The average molecular weight is 261 g/mol. The Balaban J connectivity index is 2.04. The first-order valence-corrected chi connectivity index (χ1v) is 7.25. The molecule has 0 saturated heterocycles. The van der Waals surface area contributed by atoms with Crippen molar-refractivity contribution in [1.29, 1.82) is 0 Å². The van der Waals surface area contributed by atoms with Gasteiger partial charge in [0.2, 0.25) is 0 Å². The minimum absolute atomic E-state index is 0.0241. The van der Waals surface area contributed by atoms with Crippen LogP contribution in [0.5, 0.6) is 0 Å². The van der Waals surface area contributed by atoms with Gasteiger partial charge in [-0.3, -0.25) is 4.79 Å². The first kappa shape index (κ1) is 14.0. The number of aromatic nitrogens is 2. The minimum atomic E-state index is 0.0241. The van der Waals surface area contributed by atoms with Crippen LogP contribution in [-0.4, -0.2) is 33.9 Å². The summed E-state index contributed by atoms with van der Waals surface area (Å²) in [6.45, 7) is 1.81. The monoisotopic (exact) mass is 261 g/mol. The van der Waals surface area contributed by atoms with E-state index in [4.69, 9.17) is 0 Å². The quantitative estimate of drug-likeness (QED) is 0.822. The van der Waals surface area contributed by atoms with Gasteiger partial charge in [0.1, 0.15) is 11.5 Å². The second-order valence-electron chi connectivity index (χ2n) is 5.40. The van der Waals surface area contributed by atoms with Crippen LogP contribution < -0.4 is 0 Å². The van der Waals surface area contributed by atoms with E-state index in [2.05, 4.69) is 9.97 Å². The Morgan fingerprint density at radius 1 is 1.21 bits per heavy atom. The Hall–Kier alpha value is -1.45. The van der Waals surface area contributed by atoms with Gasteiger partial charge in [-0.05, 0) is 25.8 Å². The number of amides is 1. The molecule has 4 nitrogen and oxygen atoms in total. The van der Waals surface area contributed by atoms with Crippen LogP contribution in [0.3, 0.4) is 0 Å². The highest BCUT2D eigenvalue weighted by atomic mass is 16.2. The van der Waals surface area contributed by atoms with Gasteiger partial charge < -0.3 is 4.90 Å². The van der Waals surface area contributed by atoms with Crippen molar-refractivity contribution in [2.45, 2.75) is 57.9 Å². The number of rotatable bonds is 2. The fraction of sp³-hybridized carbons (Fsp3) is 0.667. The van der Waals surface area contributed by atoms with Gasteiger partial charge in [0.25, 0.3) is 5.91 Å². The number of carbonyl (C=O) groups excluding carboxylic acids is 1. The lowest BCUT2D eigenvalue weighted by molar-refractivity contribution is 0.0700. The topological polar surface area (TPSA) is 46.1 Å². The lowest BCUT2D eigenvalue weighted by Crippen LogP contribution is -2.38. The smallest absolute Gasteiger partial charge is 0.272 e. The molecule has 104 valence electrons. The van der Waals surface area contributed by atoms with E-state index < -0.39 is 0 Å². The van der Waals surface area contributed by atoms with Gasteiger partial charge in [0.05, 0.1) is 0 Å². The molecule has 1 aromatic rings. The van der Waals surface area contributed by atoms with E-state index in [9.17, 15) is 4.79 Å². The number of carbonyl (C=O) groups is 1. The summed E-state index contributed by atoms with van der Waals surface area (Å²) in [5.74, 6) is 0.674. The third-order valence-corrected chi connectivity index (χ3v) is 3.94. The maximum Gasteiger partial charge on any atom is 0.272 e. The van der Waals surface area contributed by atoms with E-state index in [1.165, 1.54) is 32.1 Å². The molecule has 0 unspecified atom stereocenters. The molecule has 0 radical (unpaired) electrons. The van der Waals surface area contributed by atoms with E-state index in [-0.39, 0.29) is 5.91 Å². The molecule has 1 aliphatic rings. The van der Waals surface area contributed by atoms with Crippen molar-refractivity contribution < 1.29 is 4.79 Å². The number of hydrogen-bond donors (Lipinski definition) is 0. The maximum atomic E-state index is 12.4. The highest BCUT2D eigenvalue weighted by Crippen LogP contribution is 2.21. The molecule has 19 heavy (non-hydrogen) atoms. The molecule has 0 atom stereocenters. The van der Waals surface area contributed by atoms with Crippen molar-refractivity contribution in [1.82, 2.24) is 14.9 Å². The molecule has 1 saturated carbocycles. The van der Waals surface area contributed by atoms with Gasteiger partial charge in [0, 0.05) is 19.3 Å². The second kappa shape index (κ2) is 6.64. The summed E-state index contributed by atoms with van der Waals surface area (Å²) in [5, 5.41) is 0. The van der Waals surface area contributed by atoms with E-state index in [1.54, 1.807) is 12.3 Å². The van der Waals surface area contributed by atoms with Crippen LogP contribution >= 0.6 is 0 Å². The fourth-order valence-corrected chi connectivity index (χ4v) is 2.74. The number of aryl methyl sites for hydroxylation is 1. The Morgan fingerprint density at radius 2 is 1.84 bits per heavy atom. The lowest BCUT2D eigenvalue weighted by Gasteiger charge is -2.29. The maximum absolute atomic E-state index is 12.4. The highest BCUT2D eigenvalue weighted by Gasteiger charge is 2.22. The standard InChI is InChI=1S/C15H23N3O/c1-12-16-11-10-14(17-12)15(19)18(2)13-8-6-4-3-5-7-9-13/h10-11,13H,3-9H2,1-2H3. The summed E-state index contributed by atoms with van der Waals surface area (Å²) in [7, 11) is 1.91. The van der Waals surface area contributed by atoms with E-state index in [0.717, 1.165) is 12.8 Å². The van der Waals surface area contributed by atoms with Crippen LogP contribution in [0.25, 0.3) is 0 Å². The molecule has 0 aliphatic heterocycles. The van der Waals surface area contributed by atoms with Crippen molar-refractivity contribution in [2.24, 2.45) is 0 Å². The van der Waals surface area contributed by atoms with Crippen molar-refractivity contribution >= 4 is 5.91 Å². The summed E-state index contributed by atoms with van der Waals surface area (Å²) >= 11 is 0. The lowest BCUT2D eigenvalue weighted by atomic mass is 9.95. The summed E-state index contributed by atoms with van der Waals surface area (Å²) in [6.07, 6.45) is 10.3. The largest absolute Gasteiger partial charge is 0.337 e. The number of hydrogen-bond acceptors (Lipinski definition) is 3. The van der Waals surface area contributed by atoms with Crippen LogP contribution in [0.1, 0.15) is 61.3 Å². The van der Waals surface area contributed by atoms with Crippen LogP contribution in [0.2, 0.25) is 0 Å². The first-order chi connectivity index (χ1) is 9.18. The molecule has 0 N–H and O–H groups in total. The van der Waals surface area contributed by atoms with Crippen LogP contribution in [-0.2, 0) is 0 Å². The van der Waals surface area contributed by atoms with Gasteiger partial charge >= 0.3 is 0 Å².